The van der Waals surface area contributed by atoms with Gasteiger partial charge in [0.2, 0.25) is 15.9 Å². The third-order valence-electron chi connectivity index (χ3n) is 6.24. The quantitative estimate of drug-likeness (QED) is 0.768. The Morgan fingerprint density at radius 3 is 2.25 bits per heavy atom. The highest BCUT2D eigenvalue weighted by atomic mass is 32.2. The van der Waals surface area contributed by atoms with Crippen LogP contribution in [0.4, 0.5) is 0 Å². The molecule has 0 bridgehead atoms. The van der Waals surface area contributed by atoms with Gasteiger partial charge >= 0.3 is 0 Å². The van der Waals surface area contributed by atoms with Crippen molar-refractivity contribution in [3.63, 3.8) is 0 Å². The van der Waals surface area contributed by atoms with Gasteiger partial charge in [-0.2, -0.15) is 4.31 Å². The number of likely N-dealkylation sites (tertiary alicyclic amines) is 1. The fourth-order valence-electron chi connectivity index (χ4n) is 4.10. The lowest BCUT2D eigenvalue weighted by Crippen LogP contribution is -2.56. The van der Waals surface area contributed by atoms with Gasteiger partial charge in [-0.05, 0) is 56.7 Å². The Hall–Kier alpha value is -1.44. The van der Waals surface area contributed by atoms with E-state index in [9.17, 15) is 13.2 Å². The minimum Gasteiger partial charge on any atom is -0.341 e. The first-order chi connectivity index (χ1) is 13.2. The van der Waals surface area contributed by atoms with Crippen LogP contribution in [-0.4, -0.2) is 73.7 Å². The van der Waals surface area contributed by atoms with Crippen molar-refractivity contribution in [2.45, 2.75) is 51.5 Å². The second-order valence-electron chi connectivity index (χ2n) is 8.39. The number of sulfonamides is 1. The maximum Gasteiger partial charge on any atom is 0.243 e. The highest BCUT2D eigenvalue weighted by Crippen LogP contribution is 2.23. The molecule has 28 heavy (non-hydrogen) atoms. The number of amides is 1. The summed E-state index contributed by atoms with van der Waals surface area (Å²) in [6, 6.07) is 5.35. The van der Waals surface area contributed by atoms with Gasteiger partial charge in [0.15, 0.2) is 0 Å². The van der Waals surface area contributed by atoms with E-state index in [0.717, 1.165) is 37.1 Å². The number of piperidine rings is 1. The maximum atomic E-state index is 13.1. The Morgan fingerprint density at radius 2 is 1.64 bits per heavy atom. The summed E-state index contributed by atoms with van der Waals surface area (Å²) in [4.78, 5) is 17.3. The number of hydrogen-bond donors (Lipinski definition) is 0. The molecule has 2 aliphatic heterocycles. The Balaban J connectivity index is 1.62. The fourth-order valence-corrected chi connectivity index (χ4v) is 5.84. The monoisotopic (exact) mass is 407 g/mol. The Morgan fingerprint density at radius 1 is 1.04 bits per heavy atom. The molecule has 1 aromatic carbocycles. The lowest BCUT2D eigenvalue weighted by atomic mass is 9.98. The minimum absolute atomic E-state index is 0.178. The van der Waals surface area contributed by atoms with E-state index in [0.29, 0.717) is 37.0 Å². The zero-order valence-corrected chi connectivity index (χ0v) is 18.3. The molecule has 2 heterocycles. The predicted octanol–water partition coefficient (Wildman–Crippen LogP) is 2.26. The smallest absolute Gasteiger partial charge is 0.243 e. The van der Waals surface area contributed by atoms with Crippen molar-refractivity contribution >= 4 is 15.9 Å². The standard InChI is InChI=1S/C21H33N3O3S/c1-16-7-9-23(10-8-16)21(25)19(4)22-11-13-24(14-12-22)28(26,27)20-15-17(2)5-6-18(20)3/h5-6,15-16,19H,7-14H2,1-4H3. The average molecular weight is 408 g/mol. The summed E-state index contributed by atoms with van der Waals surface area (Å²) < 4.78 is 27.7. The highest BCUT2D eigenvalue weighted by Gasteiger charge is 2.34. The van der Waals surface area contributed by atoms with E-state index in [-0.39, 0.29) is 11.9 Å². The third-order valence-corrected chi connectivity index (χ3v) is 8.28. The molecule has 0 spiro atoms. The molecule has 2 saturated heterocycles. The summed E-state index contributed by atoms with van der Waals surface area (Å²) in [5, 5.41) is 0. The summed E-state index contributed by atoms with van der Waals surface area (Å²) in [6.45, 7) is 11.6. The zero-order valence-electron chi connectivity index (χ0n) is 17.5. The number of hydrogen-bond acceptors (Lipinski definition) is 4. The van der Waals surface area contributed by atoms with Crippen molar-refractivity contribution in [2.24, 2.45) is 5.92 Å². The van der Waals surface area contributed by atoms with Gasteiger partial charge in [-0.1, -0.05) is 19.1 Å². The first kappa shape index (κ1) is 21.3. The van der Waals surface area contributed by atoms with Crippen LogP contribution >= 0.6 is 0 Å². The molecule has 2 fully saturated rings. The molecule has 0 radical (unpaired) electrons. The topological polar surface area (TPSA) is 60.9 Å². The SMILES string of the molecule is Cc1ccc(C)c(S(=O)(=O)N2CCN(C(C)C(=O)N3CCC(C)CC3)CC2)c1. The van der Waals surface area contributed by atoms with E-state index >= 15 is 0 Å². The second-order valence-corrected chi connectivity index (χ2v) is 10.3. The van der Waals surface area contributed by atoms with Crippen molar-refractivity contribution in [3.05, 3.63) is 29.3 Å². The molecule has 6 nitrogen and oxygen atoms in total. The van der Waals surface area contributed by atoms with Gasteiger partial charge in [0.1, 0.15) is 0 Å². The van der Waals surface area contributed by atoms with Crippen molar-refractivity contribution < 1.29 is 13.2 Å². The molecule has 7 heteroatoms. The van der Waals surface area contributed by atoms with E-state index in [1.807, 2.05) is 37.8 Å². The van der Waals surface area contributed by atoms with Crippen LogP contribution < -0.4 is 0 Å². The van der Waals surface area contributed by atoms with Gasteiger partial charge in [-0.3, -0.25) is 9.69 Å². The molecule has 0 aliphatic carbocycles. The van der Waals surface area contributed by atoms with Crippen LogP contribution in [0.1, 0.15) is 37.8 Å². The van der Waals surface area contributed by atoms with Gasteiger partial charge in [-0.15, -0.1) is 0 Å². The lowest BCUT2D eigenvalue weighted by molar-refractivity contribution is -0.138. The fraction of sp³-hybridized carbons (Fsp3) is 0.667. The molecular weight excluding hydrogens is 374 g/mol. The Kier molecular flexibility index (Phi) is 6.47. The number of benzene rings is 1. The minimum atomic E-state index is -3.50. The van der Waals surface area contributed by atoms with Gasteiger partial charge in [0.25, 0.3) is 0 Å². The van der Waals surface area contributed by atoms with E-state index in [1.165, 1.54) is 0 Å². The van der Waals surface area contributed by atoms with Crippen LogP contribution in [0.15, 0.2) is 23.1 Å². The molecule has 2 aliphatic rings. The number of nitrogens with zero attached hydrogens (tertiary/aromatic N) is 3. The molecule has 0 N–H and O–H groups in total. The van der Waals surface area contributed by atoms with E-state index in [1.54, 1.807) is 10.4 Å². The lowest BCUT2D eigenvalue weighted by Gasteiger charge is -2.39. The third kappa shape index (κ3) is 4.42. The predicted molar refractivity (Wildman–Crippen MR) is 111 cm³/mol. The first-order valence-electron chi connectivity index (χ1n) is 10.3. The summed E-state index contributed by atoms with van der Waals surface area (Å²) in [7, 11) is -3.50. The van der Waals surface area contributed by atoms with Crippen molar-refractivity contribution in [3.8, 4) is 0 Å². The molecule has 0 aromatic heterocycles. The molecule has 156 valence electrons. The normalized spacial score (nSPS) is 21.6. The van der Waals surface area contributed by atoms with Crippen molar-refractivity contribution in [1.29, 1.82) is 0 Å². The molecule has 3 rings (SSSR count). The molecule has 1 unspecified atom stereocenters. The molecule has 1 amide bonds. The summed E-state index contributed by atoms with van der Waals surface area (Å²) in [6.07, 6.45) is 2.14. The highest BCUT2D eigenvalue weighted by molar-refractivity contribution is 7.89. The van der Waals surface area contributed by atoms with Crippen molar-refractivity contribution in [2.75, 3.05) is 39.3 Å². The Bertz CT molecular complexity index is 808. The average Bonchev–Trinajstić information content (AvgIpc) is 2.69. The maximum absolute atomic E-state index is 13.1. The number of carbonyl (C=O) groups is 1. The van der Waals surface area contributed by atoms with E-state index in [4.69, 9.17) is 0 Å². The number of rotatable bonds is 4. The van der Waals surface area contributed by atoms with Crippen LogP contribution in [0, 0.1) is 19.8 Å². The van der Waals surface area contributed by atoms with Gasteiger partial charge in [-0.25, -0.2) is 8.42 Å². The number of aryl methyl sites for hydroxylation is 2. The van der Waals surface area contributed by atoms with Crippen LogP contribution in [0.5, 0.6) is 0 Å². The van der Waals surface area contributed by atoms with Gasteiger partial charge < -0.3 is 4.90 Å². The van der Waals surface area contributed by atoms with Crippen molar-refractivity contribution in [1.82, 2.24) is 14.1 Å². The van der Waals surface area contributed by atoms with Crippen LogP contribution in [0.3, 0.4) is 0 Å². The summed E-state index contributed by atoms with van der Waals surface area (Å²) in [5.41, 5.74) is 1.72. The molecule has 1 aromatic rings. The molecule has 0 saturated carbocycles. The van der Waals surface area contributed by atoms with Crippen LogP contribution in [-0.2, 0) is 14.8 Å². The van der Waals surface area contributed by atoms with Gasteiger partial charge in [0, 0.05) is 39.3 Å². The van der Waals surface area contributed by atoms with Crippen LogP contribution in [0.2, 0.25) is 0 Å². The summed E-state index contributed by atoms with van der Waals surface area (Å²) in [5.74, 6) is 0.871. The van der Waals surface area contributed by atoms with E-state index < -0.39 is 10.0 Å². The first-order valence-corrected chi connectivity index (χ1v) is 11.7. The zero-order chi connectivity index (χ0) is 20.5. The summed E-state index contributed by atoms with van der Waals surface area (Å²) >= 11 is 0. The Labute approximate surface area is 169 Å². The number of piperazine rings is 1. The molecule has 1 atom stereocenters. The van der Waals surface area contributed by atoms with Crippen LogP contribution in [0.25, 0.3) is 0 Å². The molecular formula is C21H33N3O3S. The van der Waals surface area contributed by atoms with E-state index in [2.05, 4.69) is 11.8 Å². The second kappa shape index (κ2) is 8.51. The van der Waals surface area contributed by atoms with Gasteiger partial charge in [0.05, 0.1) is 10.9 Å². The number of carbonyl (C=O) groups excluding carboxylic acids is 1. The largest absolute Gasteiger partial charge is 0.341 e.